The highest BCUT2D eigenvalue weighted by molar-refractivity contribution is 5.87. The summed E-state index contributed by atoms with van der Waals surface area (Å²) in [4.78, 5) is 10.5. The van der Waals surface area contributed by atoms with E-state index in [1.807, 2.05) is 90.8 Å². The van der Waals surface area contributed by atoms with Crippen molar-refractivity contribution in [1.29, 1.82) is 0 Å². The van der Waals surface area contributed by atoms with Gasteiger partial charge in [-0.1, -0.05) is 207 Å². The molecule has 0 saturated heterocycles. The molecule has 8 aromatic rings. The van der Waals surface area contributed by atoms with Crippen LogP contribution < -0.4 is 0 Å². The number of unbranched alkanes of at least 4 members (excludes halogenated alkanes) is 1. The number of likely N-dealkylation sites (N-methyl/N-ethyl adjacent to an activating group) is 1. The first kappa shape index (κ1) is 47.5. The van der Waals surface area contributed by atoms with E-state index in [0.29, 0.717) is 6.54 Å². The van der Waals surface area contributed by atoms with Crippen molar-refractivity contribution in [3.8, 4) is 0 Å². The summed E-state index contributed by atoms with van der Waals surface area (Å²) in [5.74, 6) is 0. The summed E-state index contributed by atoms with van der Waals surface area (Å²) in [7, 11) is 6.13. The van der Waals surface area contributed by atoms with Gasteiger partial charge in [0.15, 0.2) is 0 Å². The number of hydrogen-bond donors (Lipinski definition) is 2. The summed E-state index contributed by atoms with van der Waals surface area (Å²) in [6.07, 6.45) is 2.53. The lowest BCUT2D eigenvalue weighted by Gasteiger charge is -2.24. The summed E-state index contributed by atoms with van der Waals surface area (Å²) in [5.41, 5.74) is 5.75. The largest absolute Gasteiger partial charge is 0.389 e. The topological polar surface area (TPSA) is 59.4 Å². The first-order valence-corrected chi connectivity index (χ1v) is 22.5. The van der Waals surface area contributed by atoms with Gasteiger partial charge in [-0.05, 0) is 87.2 Å². The maximum atomic E-state index is 10.3. The number of hydrogen-bond acceptors (Lipinski definition) is 6. The van der Waals surface area contributed by atoms with Gasteiger partial charge in [-0.15, -0.1) is 6.58 Å². The van der Waals surface area contributed by atoms with Crippen molar-refractivity contribution in [2.45, 2.75) is 57.7 Å². The molecule has 0 fully saturated rings. The molecule has 0 aliphatic heterocycles. The fourth-order valence-electron chi connectivity index (χ4n) is 8.09. The first-order valence-electron chi connectivity index (χ1n) is 22.5. The summed E-state index contributed by atoms with van der Waals surface area (Å²) in [6, 6.07) is 64.0. The Hall–Kier alpha value is -5.96. The predicted octanol–water partition coefficient (Wildman–Crippen LogP) is 12.6. The Morgan fingerprint density at radius 3 is 1.38 bits per heavy atom. The molecule has 8 aromatic carbocycles. The third-order valence-electron chi connectivity index (χ3n) is 11.4. The lowest BCUT2D eigenvalue weighted by molar-refractivity contribution is -0.175. The SMILES string of the molecule is C=CC(ON(C)Cc1cccc2ccccc12)c1ccccc1.CCCCN(C)Cc1cccc2ccccc12.CN(Cc1cccc2ccccc12)C[C@@H](O)[C@H](O)c1ccccc1. The average molecular weight is 852 g/mol. The van der Waals surface area contributed by atoms with E-state index in [0.717, 1.165) is 30.8 Å². The van der Waals surface area contributed by atoms with Gasteiger partial charge in [0.2, 0.25) is 0 Å². The van der Waals surface area contributed by atoms with Crippen molar-refractivity contribution in [2.24, 2.45) is 0 Å². The molecule has 6 nitrogen and oxygen atoms in total. The van der Waals surface area contributed by atoms with Crippen molar-refractivity contribution < 1.29 is 15.1 Å². The fourth-order valence-corrected chi connectivity index (χ4v) is 8.09. The monoisotopic (exact) mass is 852 g/mol. The van der Waals surface area contributed by atoms with Crippen LogP contribution in [0.1, 0.15) is 59.8 Å². The van der Waals surface area contributed by atoms with Crippen LogP contribution in [0.25, 0.3) is 32.3 Å². The minimum atomic E-state index is -0.874. The van der Waals surface area contributed by atoms with Crippen LogP contribution in [0.4, 0.5) is 0 Å². The molecule has 64 heavy (non-hydrogen) atoms. The molecule has 0 radical (unpaired) electrons. The number of aliphatic hydroxyl groups excluding tert-OH is 2. The van der Waals surface area contributed by atoms with E-state index in [9.17, 15) is 10.2 Å². The van der Waals surface area contributed by atoms with Gasteiger partial charge in [0.25, 0.3) is 0 Å². The minimum absolute atomic E-state index is 0.142. The van der Waals surface area contributed by atoms with Crippen molar-refractivity contribution in [1.82, 2.24) is 14.9 Å². The van der Waals surface area contributed by atoms with Crippen LogP contribution in [-0.2, 0) is 24.5 Å². The van der Waals surface area contributed by atoms with Gasteiger partial charge in [-0.2, -0.15) is 5.06 Å². The number of fused-ring (bicyclic) bond motifs is 3. The zero-order valence-electron chi connectivity index (χ0n) is 38.0. The van der Waals surface area contributed by atoms with Crippen LogP contribution in [0.15, 0.2) is 201 Å². The maximum absolute atomic E-state index is 10.3. The molecule has 3 atom stereocenters. The van der Waals surface area contributed by atoms with Crippen molar-refractivity contribution in [3.63, 3.8) is 0 Å². The zero-order chi connectivity index (χ0) is 45.1. The Balaban J connectivity index is 0.000000162. The van der Waals surface area contributed by atoms with Crippen molar-refractivity contribution >= 4 is 32.3 Å². The van der Waals surface area contributed by atoms with E-state index < -0.39 is 12.2 Å². The first-order chi connectivity index (χ1) is 31.2. The molecular formula is C58H65N3O3. The van der Waals surface area contributed by atoms with Crippen LogP contribution in [0, 0.1) is 0 Å². The molecular weight excluding hydrogens is 787 g/mol. The average Bonchev–Trinajstić information content (AvgIpc) is 3.33. The van der Waals surface area contributed by atoms with E-state index in [1.165, 1.54) is 68.4 Å². The van der Waals surface area contributed by atoms with Crippen LogP contribution in [-0.4, -0.2) is 65.4 Å². The molecule has 0 aromatic heterocycles. The second kappa shape index (κ2) is 24.8. The molecule has 1 unspecified atom stereocenters. The summed E-state index contributed by atoms with van der Waals surface area (Å²) >= 11 is 0. The van der Waals surface area contributed by atoms with Gasteiger partial charge >= 0.3 is 0 Å². The molecule has 2 N–H and O–H groups in total. The summed E-state index contributed by atoms with van der Waals surface area (Å²) in [6.45, 7) is 10.2. The number of nitrogens with zero attached hydrogens (tertiary/aromatic N) is 3. The Kier molecular flexibility index (Phi) is 18.4. The molecule has 0 spiro atoms. The summed E-state index contributed by atoms with van der Waals surface area (Å²) < 4.78 is 0. The van der Waals surface area contributed by atoms with Gasteiger partial charge in [-0.3, -0.25) is 9.74 Å². The van der Waals surface area contributed by atoms with Crippen LogP contribution in [0.2, 0.25) is 0 Å². The summed E-state index contributed by atoms with van der Waals surface area (Å²) in [5, 5.41) is 30.2. The smallest absolute Gasteiger partial charge is 0.122 e. The van der Waals surface area contributed by atoms with E-state index in [4.69, 9.17) is 4.84 Å². The lowest BCUT2D eigenvalue weighted by Crippen LogP contribution is -2.33. The standard InChI is InChI=1S/C21H23NO2.C21H21NO.C16H21N/c1-22(15-20(23)21(24)17-9-3-2-4-10-17)14-18-12-7-11-16-8-5-6-13-19(16)18;1-3-21(18-11-5-4-6-12-18)23-22(2)16-19-14-9-13-17-10-7-8-15-20(17)19;1-3-4-12-17(2)13-15-10-7-9-14-8-5-6-11-16(14)15/h2-13,20-21,23-24H,14-15H2,1H3;3-15,21H,1,16H2,2H3;5-11H,3-4,12-13H2,1-2H3/t20-,21-;;/m1../s1. The van der Waals surface area contributed by atoms with Gasteiger partial charge in [0.05, 0.1) is 6.10 Å². The van der Waals surface area contributed by atoms with E-state index in [-0.39, 0.29) is 6.10 Å². The second-order valence-electron chi connectivity index (χ2n) is 16.6. The molecule has 330 valence electrons. The third kappa shape index (κ3) is 13.8. The molecule has 0 amide bonds. The fraction of sp³-hybridized carbons (Fsp3) is 0.241. The Morgan fingerprint density at radius 1 is 0.500 bits per heavy atom. The predicted molar refractivity (Wildman–Crippen MR) is 269 cm³/mol. The highest BCUT2D eigenvalue weighted by Gasteiger charge is 2.20. The molecule has 0 bridgehead atoms. The number of aliphatic hydroxyl groups is 2. The van der Waals surface area contributed by atoms with Crippen molar-refractivity contribution in [3.05, 3.63) is 229 Å². The number of benzene rings is 8. The van der Waals surface area contributed by atoms with Gasteiger partial charge in [0.1, 0.15) is 12.2 Å². The molecule has 0 aliphatic rings. The van der Waals surface area contributed by atoms with E-state index in [1.54, 1.807) is 0 Å². The molecule has 0 aliphatic carbocycles. The normalized spacial score (nSPS) is 12.7. The highest BCUT2D eigenvalue weighted by atomic mass is 16.7. The maximum Gasteiger partial charge on any atom is 0.122 e. The zero-order valence-corrected chi connectivity index (χ0v) is 38.0. The van der Waals surface area contributed by atoms with E-state index in [2.05, 4.69) is 153 Å². The van der Waals surface area contributed by atoms with Crippen LogP contribution in [0.3, 0.4) is 0 Å². The molecule has 0 saturated carbocycles. The Morgan fingerprint density at radius 2 is 0.906 bits per heavy atom. The highest BCUT2D eigenvalue weighted by Crippen LogP contribution is 2.25. The quantitative estimate of drug-likeness (QED) is 0.0703. The third-order valence-corrected chi connectivity index (χ3v) is 11.4. The molecule has 0 heterocycles. The van der Waals surface area contributed by atoms with Crippen LogP contribution >= 0.6 is 0 Å². The minimum Gasteiger partial charge on any atom is -0.389 e. The molecule has 8 rings (SSSR count). The van der Waals surface area contributed by atoms with Crippen LogP contribution in [0.5, 0.6) is 0 Å². The van der Waals surface area contributed by atoms with E-state index >= 15 is 0 Å². The number of hydroxylamine groups is 2. The van der Waals surface area contributed by atoms with Crippen molar-refractivity contribution in [2.75, 3.05) is 34.2 Å². The molecule has 6 heteroatoms. The Bertz CT molecular complexity index is 2600. The van der Waals surface area contributed by atoms with Gasteiger partial charge < -0.3 is 15.1 Å². The number of rotatable bonds is 17. The van der Waals surface area contributed by atoms with Gasteiger partial charge in [0, 0.05) is 33.2 Å². The van der Waals surface area contributed by atoms with Gasteiger partial charge in [-0.25, -0.2) is 0 Å². The Labute approximate surface area is 381 Å². The lowest BCUT2D eigenvalue weighted by atomic mass is 10.0. The second-order valence-corrected chi connectivity index (χ2v) is 16.6.